The Labute approximate surface area is 260 Å². The molecule has 1 heterocycles. The summed E-state index contributed by atoms with van der Waals surface area (Å²) in [4.78, 5) is 74.7. The number of methoxy groups -OCH3 is 3. The summed E-state index contributed by atoms with van der Waals surface area (Å²) in [6.45, 7) is 2.29. The minimum absolute atomic E-state index is 0.0357. The van der Waals surface area contributed by atoms with E-state index in [0.29, 0.717) is 0 Å². The largest absolute Gasteiger partial charge is 0.493 e. The first kappa shape index (κ1) is 34.2. The van der Waals surface area contributed by atoms with Crippen LogP contribution in [0.25, 0.3) is 0 Å². The smallest absolute Gasteiger partial charge is 0.349 e. The van der Waals surface area contributed by atoms with E-state index < -0.39 is 48.0 Å². The lowest BCUT2D eigenvalue weighted by Crippen LogP contribution is -2.48. The molecule has 1 amide bonds. The number of amides is 1. The second kappa shape index (κ2) is 15.5. The van der Waals surface area contributed by atoms with Crippen molar-refractivity contribution >= 4 is 41.6 Å². The molecule has 2 atom stereocenters. The summed E-state index contributed by atoms with van der Waals surface area (Å²) in [5.41, 5.74) is -0.521. The molecule has 2 aromatic carbocycles. The first-order valence-corrected chi connectivity index (χ1v) is 12.9. The van der Waals surface area contributed by atoms with Gasteiger partial charge in [0.05, 0.1) is 32.5 Å². The fraction of sp³-hybridized carbons (Fsp3) is 0.241. The summed E-state index contributed by atoms with van der Waals surface area (Å²) in [6, 6.07) is 9.53. The molecule has 3 aromatic rings. The van der Waals surface area contributed by atoms with Crippen molar-refractivity contribution in [2.24, 2.45) is 0 Å². The van der Waals surface area contributed by atoms with Crippen molar-refractivity contribution in [3.05, 3.63) is 59.7 Å². The zero-order chi connectivity index (χ0) is 34.0. The fourth-order valence-electron chi connectivity index (χ4n) is 3.62. The van der Waals surface area contributed by atoms with E-state index in [-0.39, 0.29) is 45.8 Å². The molecule has 0 aliphatic heterocycles. The van der Waals surface area contributed by atoms with Crippen LogP contribution < -0.4 is 29.0 Å². The molecule has 0 bridgehead atoms. The molecule has 0 radical (unpaired) electrons. The van der Waals surface area contributed by atoms with Gasteiger partial charge in [-0.05, 0) is 42.5 Å². The van der Waals surface area contributed by atoms with Crippen LogP contribution in [-0.2, 0) is 28.7 Å². The molecule has 17 nitrogen and oxygen atoms in total. The van der Waals surface area contributed by atoms with E-state index in [1.54, 1.807) is 0 Å². The standard InChI is InChI=1S/C29H27N3O14/c1-14(33)43-18-8-6-16(12-20(18)40-3)28(38)45-24(26(35)30-22-10-11-23(42-5)32-31-22)25(27(36)37)46-29(39)17-7-9-19(44-15(2)34)21(13-17)41-4/h6-13,24-25H,1-5H3,(H,36,37)(H,30,31,35)/t24-,25-/m0/s1. The van der Waals surface area contributed by atoms with Crippen LogP contribution in [0.1, 0.15) is 34.6 Å². The van der Waals surface area contributed by atoms with E-state index >= 15 is 0 Å². The average Bonchev–Trinajstić information content (AvgIpc) is 3.02. The van der Waals surface area contributed by atoms with E-state index in [9.17, 15) is 33.9 Å². The van der Waals surface area contributed by atoms with Crippen molar-refractivity contribution in [3.8, 4) is 28.9 Å². The van der Waals surface area contributed by atoms with E-state index in [2.05, 4.69) is 15.5 Å². The number of ether oxygens (including phenoxy) is 7. The zero-order valence-electron chi connectivity index (χ0n) is 24.9. The maximum absolute atomic E-state index is 13.4. The molecule has 2 N–H and O–H groups in total. The third kappa shape index (κ3) is 8.88. The predicted molar refractivity (Wildman–Crippen MR) is 152 cm³/mol. The molecule has 242 valence electrons. The van der Waals surface area contributed by atoms with Gasteiger partial charge in [-0.2, -0.15) is 0 Å². The van der Waals surface area contributed by atoms with Gasteiger partial charge in [0.25, 0.3) is 5.91 Å². The Bertz CT molecular complexity index is 1640. The van der Waals surface area contributed by atoms with Crippen LogP contribution in [-0.4, -0.2) is 84.6 Å². The lowest BCUT2D eigenvalue weighted by Gasteiger charge is -2.23. The minimum atomic E-state index is -2.41. The first-order valence-electron chi connectivity index (χ1n) is 12.9. The summed E-state index contributed by atoms with van der Waals surface area (Å²) in [5.74, 6) is -7.29. The van der Waals surface area contributed by atoms with Crippen molar-refractivity contribution in [2.75, 3.05) is 26.6 Å². The van der Waals surface area contributed by atoms with Gasteiger partial charge in [0.2, 0.25) is 18.1 Å². The maximum Gasteiger partial charge on any atom is 0.349 e. The number of hydrogen-bond acceptors (Lipinski definition) is 15. The van der Waals surface area contributed by atoms with Crippen molar-refractivity contribution in [1.82, 2.24) is 10.2 Å². The molecule has 0 spiro atoms. The van der Waals surface area contributed by atoms with Crippen LogP contribution in [0.3, 0.4) is 0 Å². The second-order valence-electron chi connectivity index (χ2n) is 8.86. The second-order valence-corrected chi connectivity index (χ2v) is 8.86. The van der Waals surface area contributed by atoms with E-state index in [4.69, 9.17) is 33.2 Å². The lowest BCUT2D eigenvalue weighted by molar-refractivity contribution is -0.157. The number of benzene rings is 2. The highest BCUT2D eigenvalue weighted by Gasteiger charge is 2.41. The predicted octanol–water partition coefficient (Wildman–Crippen LogP) is 1.83. The van der Waals surface area contributed by atoms with Gasteiger partial charge in [0.15, 0.2) is 28.8 Å². The Balaban J connectivity index is 1.97. The van der Waals surface area contributed by atoms with Gasteiger partial charge in [-0.25, -0.2) is 14.4 Å². The normalized spacial score (nSPS) is 11.6. The number of carboxylic acids is 1. The van der Waals surface area contributed by atoms with Crippen molar-refractivity contribution in [2.45, 2.75) is 26.1 Å². The molecule has 17 heteroatoms. The summed E-state index contributed by atoms with van der Waals surface area (Å²) in [7, 11) is 3.79. The molecule has 0 aliphatic carbocycles. The summed E-state index contributed by atoms with van der Waals surface area (Å²) in [5, 5.41) is 19.7. The number of nitrogens with zero attached hydrogens (tertiary/aromatic N) is 2. The average molecular weight is 642 g/mol. The number of aliphatic carboxylic acids is 1. The topological polar surface area (TPSA) is 225 Å². The van der Waals surface area contributed by atoms with E-state index in [1.807, 2.05) is 0 Å². The molecule has 0 fully saturated rings. The van der Waals surface area contributed by atoms with Crippen molar-refractivity contribution in [1.29, 1.82) is 0 Å². The monoisotopic (exact) mass is 641 g/mol. The number of carbonyl (C=O) groups is 6. The Hall–Kier alpha value is -6.26. The van der Waals surface area contributed by atoms with Gasteiger partial charge < -0.3 is 43.6 Å². The third-order valence-electron chi connectivity index (χ3n) is 5.65. The van der Waals surface area contributed by atoms with Gasteiger partial charge in [0, 0.05) is 19.9 Å². The Morgan fingerprint density at radius 1 is 0.652 bits per heavy atom. The van der Waals surface area contributed by atoms with Crippen LogP contribution >= 0.6 is 0 Å². The van der Waals surface area contributed by atoms with Gasteiger partial charge >= 0.3 is 29.8 Å². The summed E-state index contributed by atoms with van der Waals surface area (Å²) < 4.78 is 35.6. The zero-order valence-corrected chi connectivity index (χ0v) is 24.9. The van der Waals surface area contributed by atoms with Gasteiger partial charge in [0.1, 0.15) is 0 Å². The Morgan fingerprint density at radius 3 is 1.54 bits per heavy atom. The molecule has 0 saturated heterocycles. The lowest BCUT2D eigenvalue weighted by atomic mass is 10.1. The minimum Gasteiger partial charge on any atom is -0.493 e. The van der Waals surface area contributed by atoms with Crippen LogP contribution in [0.5, 0.6) is 28.9 Å². The highest BCUT2D eigenvalue weighted by atomic mass is 16.6. The van der Waals surface area contributed by atoms with Crippen LogP contribution in [0.2, 0.25) is 0 Å². The number of aromatic nitrogens is 2. The number of carboxylic acid groups (broad SMARTS) is 1. The van der Waals surface area contributed by atoms with Gasteiger partial charge in [-0.3, -0.25) is 14.4 Å². The molecule has 0 unspecified atom stereocenters. The number of nitrogens with one attached hydrogen (secondary N) is 1. The number of esters is 4. The van der Waals surface area contributed by atoms with Crippen LogP contribution in [0.15, 0.2) is 48.5 Å². The van der Waals surface area contributed by atoms with Gasteiger partial charge in [-0.15, -0.1) is 10.2 Å². The first-order chi connectivity index (χ1) is 21.9. The molecule has 0 saturated carbocycles. The number of carbonyl (C=O) groups excluding carboxylic acids is 5. The number of anilines is 1. The third-order valence-corrected chi connectivity index (χ3v) is 5.65. The fourth-order valence-corrected chi connectivity index (χ4v) is 3.62. The van der Waals surface area contributed by atoms with Crippen molar-refractivity contribution in [3.63, 3.8) is 0 Å². The Morgan fingerprint density at radius 2 is 1.15 bits per heavy atom. The van der Waals surface area contributed by atoms with E-state index in [0.717, 1.165) is 38.1 Å². The van der Waals surface area contributed by atoms with Crippen molar-refractivity contribution < 1.29 is 67.0 Å². The highest BCUT2D eigenvalue weighted by molar-refractivity contribution is 6.01. The molecule has 0 aliphatic rings. The Kier molecular flexibility index (Phi) is 11.5. The van der Waals surface area contributed by atoms with Crippen LogP contribution in [0, 0.1) is 0 Å². The highest BCUT2D eigenvalue weighted by Crippen LogP contribution is 2.30. The molecule has 46 heavy (non-hydrogen) atoms. The molecule has 1 aromatic heterocycles. The summed E-state index contributed by atoms with van der Waals surface area (Å²) in [6.07, 6.45) is -4.72. The number of rotatable bonds is 13. The SMILES string of the molecule is COc1ccc(NC(=O)[C@@H](OC(=O)c2ccc(OC(C)=O)c(OC)c2)[C@H](OC(=O)c2ccc(OC(C)=O)c(OC)c2)C(=O)O)nn1. The molecular weight excluding hydrogens is 614 g/mol. The molecule has 3 rings (SSSR count). The quantitative estimate of drug-likeness (QED) is 0.200. The van der Waals surface area contributed by atoms with E-state index in [1.165, 1.54) is 45.6 Å². The number of hydrogen-bond donors (Lipinski definition) is 2. The summed E-state index contributed by atoms with van der Waals surface area (Å²) >= 11 is 0. The van der Waals surface area contributed by atoms with Crippen LogP contribution in [0.4, 0.5) is 5.82 Å². The maximum atomic E-state index is 13.4. The van der Waals surface area contributed by atoms with Gasteiger partial charge in [-0.1, -0.05) is 0 Å². The molecular formula is C29H27N3O14.